The van der Waals surface area contributed by atoms with Gasteiger partial charge in [0.2, 0.25) is 0 Å². The molecule has 0 unspecified atom stereocenters. The molecule has 1 aromatic carbocycles. The van der Waals surface area contributed by atoms with Gasteiger partial charge in [-0.3, -0.25) is 4.98 Å². The molecule has 1 N–H and O–H groups in total. The summed E-state index contributed by atoms with van der Waals surface area (Å²) in [7, 11) is 0. The maximum absolute atomic E-state index is 4.69. The molecule has 0 spiro atoms. The van der Waals surface area contributed by atoms with E-state index < -0.39 is 0 Å². The van der Waals surface area contributed by atoms with E-state index in [1.165, 1.54) is 0 Å². The minimum Gasteiger partial charge on any atom is -0.384 e. The van der Waals surface area contributed by atoms with Gasteiger partial charge in [0.15, 0.2) is 0 Å². The van der Waals surface area contributed by atoms with E-state index in [4.69, 9.17) is 4.98 Å². The summed E-state index contributed by atoms with van der Waals surface area (Å²) in [5.41, 5.74) is 3.32. The van der Waals surface area contributed by atoms with Crippen molar-refractivity contribution in [3.63, 3.8) is 0 Å². The van der Waals surface area contributed by atoms with Crippen LogP contribution in [-0.4, -0.2) is 21.1 Å². The molecule has 2 heterocycles. The van der Waals surface area contributed by atoms with E-state index in [1.807, 2.05) is 24.8 Å². The van der Waals surface area contributed by atoms with E-state index in [0.29, 0.717) is 0 Å². The number of aryl methyl sites for hydroxylation is 2. The fourth-order valence-corrected chi connectivity index (χ4v) is 2.84. The van der Waals surface area contributed by atoms with Gasteiger partial charge in [-0.1, -0.05) is 22.9 Å². The lowest BCUT2D eigenvalue weighted by molar-refractivity contribution is 0.661. The number of halogens is 1. The maximum atomic E-state index is 4.69. The smallest absolute Gasteiger partial charge is 0.0945 e. The molecule has 0 atom stereocenters. The molecule has 0 aliphatic carbocycles. The number of pyridine rings is 1. The van der Waals surface area contributed by atoms with Crippen molar-refractivity contribution in [2.45, 2.75) is 26.3 Å². The minimum absolute atomic E-state index is 0.924. The molecule has 22 heavy (non-hydrogen) atoms. The largest absolute Gasteiger partial charge is 0.384 e. The predicted octanol–water partition coefficient (Wildman–Crippen LogP) is 4.26. The van der Waals surface area contributed by atoms with Crippen molar-refractivity contribution in [2.75, 3.05) is 11.9 Å². The zero-order valence-corrected chi connectivity index (χ0v) is 14.2. The number of hydrogen-bond donors (Lipinski definition) is 1. The number of nitrogens with one attached hydrogen (secondary N) is 1. The molecule has 0 saturated carbocycles. The maximum Gasteiger partial charge on any atom is 0.0945 e. The Balaban J connectivity index is 1.75. The molecule has 114 valence electrons. The van der Waals surface area contributed by atoms with Gasteiger partial charge in [-0.15, -0.1) is 0 Å². The first-order chi connectivity index (χ1) is 10.8. The van der Waals surface area contributed by atoms with Crippen molar-refractivity contribution >= 4 is 32.5 Å². The molecule has 5 heteroatoms. The molecule has 0 aliphatic heterocycles. The molecule has 2 aromatic heterocycles. The lowest BCUT2D eigenvalue weighted by Crippen LogP contribution is -2.07. The van der Waals surface area contributed by atoms with Crippen LogP contribution in [0.25, 0.3) is 10.9 Å². The second kappa shape index (κ2) is 6.92. The van der Waals surface area contributed by atoms with Crippen LogP contribution in [0.3, 0.4) is 0 Å². The van der Waals surface area contributed by atoms with Crippen LogP contribution in [0.2, 0.25) is 0 Å². The second-order valence-corrected chi connectivity index (χ2v) is 6.17. The first-order valence-electron chi connectivity index (χ1n) is 7.55. The average molecular weight is 359 g/mol. The summed E-state index contributed by atoms with van der Waals surface area (Å²) < 4.78 is 3.17. The summed E-state index contributed by atoms with van der Waals surface area (Å²) in [5.74, 6) is 0. The Morgan fingerprint density at radius 3 is 2.95 bits per heavy atom. The Hall–Kier alpha value is -1.88. The summed E-state index contributed by atoms with van der Waals surface area (Å²) >= 11 is 3.54. The fraction of sp³-hybridized carbons (Fsp3) is 0.294. The first kappa shape index (κ1) is 15.0. The highest BCUT2D eigenvalue weighted by Crippen LogP contribution is 2.26. The first-order valence-corrected chi connectivity index (χ1v) is 8.34. The minimum atomic E-state index is 0.924. The number of rotatable bonds is 6. The van der Waals surface area contributed by atoms with Gasteiger partial charge in [-0.25, -0.2) is 4.98 Å². The van der Waals surface area contributed by atoms with Crippen LogP contribution in [0.4, 0.5) is 5.69 Å². The van der Waals surface area contributed by atoms with Gasteiger partial charge in [0.1, 0.15) is 0 Å². The van der Waals surface area contributed by atoms with Gasteiger partial charge < -0.3 is 9.88 Å². The van der Waals surface area contributed by atoms with Crippen LogP contribution < -0.4 is 5.32 Å². The summed E-state index contributed by atoms with van der Waals surface area (Å²) in [4.78, 5) is 8.75. The second-order valence-electron chi connectivity index (χ2n) is 5.26. The van der Waals surface area contributed by atoms with E-state index in [-0.39, 0.29) is 0 Å². The van der Waals surface area contributed by atoms with Crippen LogP contribution in [0.5, 0.6) is 0 Å². The van der Waals surface area contributed by atoms with Crippen molar-refractivity contribution in [3.8, 4) is 0 Å². The summed E-state index contributed by atoms with van der Waals surface area (Å²) in [6, 6.07) is 8.39. The zero-order chi connectivity index (χ0) is 15.4. The Morgan fingerprint density at radius 2 is 2.18 bits per heavy atom. The average Bonchev–Trinajstić information content (AvgIpc) is 3.04. The van der Waals surface area contributed by atoms with Gasteiger partial charge >= 0.3 is 0 Å². The molecule has 0 fully saturated rings. The third-order valence-corrected chi connectivity index (χ3v) is 4.15. The lowest BCUT2D eigenvalue weighted by Gasteiger charge is -2.12. The molecule has 0 amide bonds. The molecule has 3 rings (SSSR count). The van der Waals surface area contributed by atoms with Crippen molar-refractivity contribution in [1.29, 1.82) is 0 Å². The van der Waals surface area contributed by atoms with Crippen molar-refractivity contribution in [1.82, 2.24) is 14.5 Å². The van der Waals surface area contributed by atoms with E-state index in [2.05, 4.69) is 55.9 Å². The number of anilines is 1. The fourth-order valence-electron chi connectivity index (χ4n) is 2.48. The number of benzene rings is 1. The van der Waals surface area contributed by atoms with Gasteiger partial charge in [-0.2, -0.15) is 0 Å². The van der Waals surface area contributed by atoms with Crippen LogP contribution in [0.1, 0.15) is 19.0 Å². The number of fused-ring (bicyclic) bond motifs is 1. The molecular weight excluding hydrogens is 340 g/mol. The third-order valence-electron chi connectivity index (χ3n) is 3.65. The van der Waals surface area contributed by atoms with Crippen LogP contribution in [0, 0.1) is 0 Å². The van der Waals surface area contributed by atoms with Crippen molar-refractivity contribution < 1.29 is 0 Å². The molecule has 0 radical (unpaired) electrons. The highest BCUT2D eigenvalue weighted by Gasteiger charge is 2.05. The molecule has 0 aliphatic rings. The molecule has 0 bridgehead atoms. The van der Waals surface area contributed by atoms with Gasteiger partial charge in [0.05, 0.1) is 11.8 Å². The number of nitrogens with zero attached hydrogens (tertiary/aromatic N) is 3. The molecule has 4 nitrogen and oxygen atoms in total. The highest BCUT2D eigenvalue weighted by molar-refractivity contribution is 9.10. The lowest BCUT2D eigenvalue weighted by atomic mass is 10.1. The number of imidazole rings is 1. The van der Waals surface area contributed by atoms with Crippen LogP contribution >= 0.6 is 15.9 Å². The Labute approximate surface area is 138 Å². The zero-order valence-electron chi connectivity index (χ0n) is 12.6. The predicted molar refractivity (Wildman–Crippen MR) is 94.2 cm³/mol. The van der Waals surface area contributed by atoms with E-state index in [9.17, 15) is 0 Å². The topological polar surface area (TPSA) is 42.7 Å². The molecular formula is C17H19BrN4. The Bertz CT molecular complexity index is 753. The normalized spacial score (nSPS) is 11.0. The summed E-state index contributed by atoms with van der Waals surface area (Å²) in [6.07, 6.45) is 7.66. The van der Waals surface area contributed by atoms with E-state index >= 15 is 0 Å². The van der Waals surface area contributed by atoms with E-state index in [1.54, 1.807) is 0 Å². The molecule has 3 aromatic rings. The van der Waals surface area contributed by atoms with Crippen LogP contribution in [-0.2, 0) is 13.0 Å². The third kappa shape index (κ3) is 3.47. The summed E-state index contributed by atoms with van der Waals surface area (Å²) in [6.45, 7) is 4.03. The Kier molecular flexibility index (Phi) is 4.73. The van der Waals surface area contributed by atoms with Gasteiger partial charge in [0.25, 0.3) is 0 Å². The van der Waals surface area contributed by atoms with Gasteiger partial charge in [0, 0.05) is 46.7 Å². The SMILES string of the molecule is CCc1cc(NCCCn2ccnc2)c2cc(Br)ccc2n1. The summed E-state index contributed by atoms with van der Waals surface area (Å²) in [5, 5.41) is 4.72. The number of aromatic nitrogens is 3. The van der Waals surface area contributed by atoms with Crippen LogP contribution in [0.15, 0.2) is 47.5 Å². The van der Waals surface area contributed by atoms with E-state index in [0.717, 1.165) is 52.7 Å². The van der Waals surface area contributed by atoms with Crippen molar-refractivity contribution in [2.24, 2.45) is 0 Å². The quantitative estimate of drug-likeness (QED) is 0.669. The Morgan fingerprint density at radius 1 is 1.27 bits per heavy atom. The van der Waals surface area contributed by atoms with Crippen molar-refractivity contribution in [3.05, 3.63) is 53.2 Å². The highest BCUT2D eigenvalue weighted by atomic mass is 79.9. The monoisotopic (exact) mass is 358 g/mol. The van der Waals surface area contributed by atoms with Gasteiger partial charge in [-0.05, 0) is 37.1 Å². The standard InChI is InChI=1S/C17H19BrN4/c1-2-14-11-17(15-10-13(18)4-5-16(15)21-14)20-6-3-8-22-9-7-19-12-22/h4-5,7,9-12H,2-3,6,8H2,1H3,(H,20,21). The number of hydrogen-bond acceptors (Lipinski definition) is 3. The molecule has 0 saturated heterocycles.